The Morgan fingerprint density at radius 1 is 1.02 bits per heavy atom. The van der Waals surface area contributed by atoms with Crippen LogP contribution < -0.4 is 14.8 Å². The van der Waals surface area contributed by atoms with Gasteiger partial charge in [0, 0.05) is 12.3 Å². The van der Waals surface area contributed by atoms with Gasteiger partial charge < -0.3 is 33.7 Å². The van der Waals surface area contributed by atoms with Crippen molar-refractivity contribution in [2.24, 2.45) is 11.8 Å². The fourth-order valence-electron chi connectivity index (χ4n) is 5.98. The van der Waals surface area contributed by atoms with Crippen LogP contribution in [-0.4, -0.2) is 73.2 Å². The molecule has 4 unspecified atom stereocenters. The maximum atomic E-state index is 13.5. The Morgan fingerprint density at radius 2 is 1.73 bits per heavy atom. The average molecular weight is 619 g/mol. The first-order valence-electron chi connectivity index (χ1n) is 15.9. The van der Waals surface area contributed by atoms with Crippen molar-refractivity contribution in [3.05, 3.63) is 18.0 Å². The van der Waals surface area contributed by atoms with E-state index in [1.54, 1.807) is 20.8 Å². The van der Waals surface area contributed by atoms with E-state index in [1.807, 2.05) is 0 Å². The number of hydrogen-bond acceptors (Lipinski definition) is 11. The van der Waals surface area contributed by atoms with E-state index in [0.29, 0.717) is 12.8 Å². The van der Waals surface area contributed by atoms with Crippen molar-refractivity contribution in [1.82, 2.24) is 10.3 Å². The van der Waals surface area contributed by atoms with Crippen molar-refractivity contribution in [3.63, 3.8) is 0 Å². The minimum absolute atomic E-state index is 0.0162. The van der Waals surface area contributed by atoms with Gasteiger partial charge in [-0.15, -0.1) is 0 Å². The number of ether oxygens (including phenoxy) is 6. The van der Waals surface area contributed by atoms with Crippen LogP contribution in [0.5, 0.6) is 11.5 Å². The van der Waals surface area contributed by atoms with Crippen molar-refractivity contribution >= 4 is 23.8 Å². The fourth-order valence-corrected chi connectivity index (χ4v) is 5.98. The highest BCUT2D eigenvalue weighted by atomic mass is 16.7. The number of cyclic esters (lactones) is 1. The first-order valence-corrected chi connectivity index (χ1v) is 15.9. The third-order valence-electron chi connectivity index (χ3n) is 8.49. The zero-order valence-electron chi connectivity index (χ0n) is 26.2. The molecule has 1 saturated heterocycles. The summed E-state index contributed by atoms with van der Waals surface area (Å²) in [6.45, 7) is 4.67. The number of rotatable bonds is 11. The molecular weight excluding hydrogens is 572 g/mol. The van der Waals surface area contributed by atoms with Gasteiger partial charge in [0.05, 0.1) is 25.0 Å². The second kappa shape index (κ2) is 16.1. The van der Waals surface area contributed by atoms with E-state index >= 15 is 0 Å². The monoisotopic (exact) mass is 618 g/mol. The number of aromatic nitrogens is 1. The molecule has 12 nitrogen and oxygen atoms in total. The van der Waals surface area contributed by atoms with Crippen LogP contribution in [0.2, 0.25) is 0 Å². The van der Waals surface area contributed by atoms with Crippen LogP contribution in [0, 0.1) is 11.8 Å². The lowest BCUT2D eigenvalue weighted by atomic mass is 10.0. The Kier molecular flexibility index (Phi) is 12.2. The summed E-state index contributed by atoms with van der Waals surface area (Å²) in [5, 5.41) is 2.73. The number of amides is 1. The number of nitrogens with one attached hydrogen (secondary N) is 1. The molecule has 0 bridgehead atoms. The molecule has 4 rings (SSSR count). The minimum Gasteiger partial charge on any atom is -0.493 e. The Balaban J connectivity index is 1.48. The number of methoxy groups -OCH3 is 1. The summed E-state index contributed by atoms with van der Waals surface area (Å²) in [5.41, 5.74) is -0.142. The summed E-state index contributed by atoms with van der Waals surface area (Å²) in [6, 6.07) is 0.505. The topological polar surface area (TPSA) is 149 Å². The smallest absolute Gasteiger partial charge is 0.329 e. The van der Waals surface area contributed by atoms with E-state index < -0.39 is 49.0 Å². The summed E-state index contributed by atoms with van der Waals surface area (Å²) in [7, 11) is 1.40. The standard InChI is InChI=1S/C32H46N2O10/c1-19(2)30(36)41-18-40-28-24(39-4)16-17-33-26(28)29(35)34-23-14-9-15-25(44-31(37)21-10-5-6-11-21)27(20(3)42-32(23)38)43-22-12-7-8-13-22/h16-17,19-23,25,27H,5-15,18H2,1-4H3,(H,34,35). The lowest BCUT2D eigenvalue weighted by Gasteiger charge is -2.33. The first-order chi connectivity index (χ1) is 21.2. The van der Waals surface area contributed by atoms with Crippen LogP contribution in [0.25, 0.3) is 0 Å². The number of hydrogen-bond donors (Lipinski definition) is 1. The zero-order chi connectivity index (χ0) is 31.6. The van der Waals surface area contributed by atoms with Crippen LogP contribution in [0.1, 0.15) is 102 Å². The van der Waals surface area contributed by atoms with E-state index in [0.717, 1.165) is 51.4 Å². The molecule has 3 aliphatic rings. The molecule has 4 atom stereocenters. The van der Waals surface area contributed by atoms with Crippen molar-refractivity contribution in [2.45, 2.75) is 122 Å². The summed E-state index contributed by atoms with van der Waals surface area (Å²) in [6.07, 6.45) is 8.28. The van der Waals surface area contributed by atoms with Gasteiger partial charge in [-0.05, 0) is 51.9 Å². The molecule has 12 heteroatoms. The van der Waals surface area contributed by atoms with Crippen LogP contribution in [-0.2, 0) is 33.3 Å². The molecule has 2 aliphatic carbocycles. The quantitative estimate of drug-likeness (QED) is 0.215. The Labute approximate surface area is 258 Å². The number of carbonyl (C=O) groups excluding carboxylic acids is 4. The molecular formula is C32H46N2O10. The number of carbonyl (C=O) groups is 4. The Bertz CT molecular complexity index is 1150. The highest BCUT2D eigenvalue weighted by Crippen LogP contribution is 2.32. The Hall–Kier alpha value is -3.41. The Morgan fingerprint density at radius 3 is 2.41 bits per heavy atom. The molecule has 1 amide bonds. The van der Waals surface area contributed by atoms with Gasteiger partial charge in [-0.3, -0.25) is 14.4 Å². The third-order valence-corrected chi connectivity index (χ3v) is 8.49. The molecule has 2 saturated carbocycles. The predicted octanol–water partition coefficient (Wildman–Crippen LogP) is 4.27. The average Bonchev–Trinajstić information content (AvgIpc) is 3.73. The molecule has 0 spiro atoms. The maximum absolute atomic E-state index is 13.5. The SMILES string of the molecule is COc1ccnc(C(=O)NC2CCCC(OC(=O)C3CCCC3)C(OC3CCCC3)C(C)OC2=O)c1OCOC(=O)C(C)C. The molecule has 1 aromatic heterocycles. The number of esters is 3. The lowest BCUT2D eigenvalue weighted by molar-refractivity contribution is -0.184. The van der Waals surface area contributed by atoms with E-state index in [9.17, 15) is 19.2 Å². The summed E-state index contributed by atoms with van der Waals surface area (Å²) >= 11 is 0. The van der Waals surface area contributed by atoms with Gasteiger partial charge in [-0.1, -0.05) is 39.5 Å². The highest BCUT2D eigenvalue weighted by Gasteiger charge is 2.40. The molecule has 2 heterocycles. The molecule has 1 N–H and O–H groups in total. The van der Waals surface area contributed by atoms with Gasteiger partial charge in [0.15, 0.2) is 17.2 Å². The molecule has 1 aromatic rings. The predicted molar refractivity (Wildman–Crippen MR) is 157 cm³/mol. The normalized spacial score (nSPS) is 25.0. The minimum atomic E-state index is -0.999. The molecule has 0 radical (unpaired) electrons. The van der Waals surface area contributed by atoms with E-state index in [2.05, 4.69) is 10.3 Å². The van der Waals surface area contributed by atoms with Crippen LogP contribution in [0.4, 0.5) is 0 Å². The van der Waals surface area contributed by atoms with Crippen LogP contribution in [0.3, 0.4) is 0 Å². The molecule has 3 fully saturated rings. The van der Waals surface area contributed by atoms with Crippen molar-refractivity contribution < 1.29 is 47.6 Å². The first kappa shape index (κ1) is 33.5. The molecule has 1 aliphatic heterocycles. The van der Waals surface area contributed by atoms with Gasteiger partial charge in [-0.25, -0.2) is 9.78 Å². The zero-order valence-corrected chi connectivity index (χ0v) is 26.2. The molecule has 44 heavy (non-hydrogen) atoms. The summed E-state index contributed by atoms with van der Waals surface area (Å²) < 4.78 is 34.4. The van der Waals surface area contributed by atoms with Crippen LogP contribution >= 0.6 is 0 Å². The van der Waals surface area contributed by atoms with E-state index in [1.165, 1.54) is 19.4 Å². The largest absolute Gasteiger partial charge is 0.493 e. The summed E-state index contributed by atoms with van der Waals surface area (Å²) in [5.74, 6) is -2.29. The fraction of sp³-hybridized carbons (Fsp3) is 0.719. The van der Waals surface area contributed by atoms with Crippen LogP contribution in [0.15, 0.2) is 12.3 Å². The van der Waals surface area contributed by atoms with E-state index in [4.69, 9.17) is 28.4 Å². The lowest BCUT2D eigenvalue weighted by Crippen LogP contribution is -2.47. The van der Waals surface area contributed by atoms with Crippen molar-refractivity contribution in [3.8, 4) is 11.5 Å². The number of pyridine rings is 1. The van der Waals surface area contributed by atoms with Gasteiger partial charge >= 0.3 is 17.9 Å². The summed E-state index contributed by atoms with van der Waals surface area (Å²) in [4.78, 5) is 55.9. The van der Waals surface area contributed by atoms with Gasteiger partial charge in [0.25, 0.3) is 5.91 Å². The molecule has 244 valence electrons. The van der Waals surface area contributed by atoms with Gasteiger partial charge in [0.1, 0.15) is 24.4 Å². The van der Waals surface area contributed by atoms with Gasteiger partial charge in [0.2, 0.25) is 6.79 Å². The second-order valence-corrected chi connectivity index (χ2v) is 12.1. The highest BCUT2D eigenvalue weighted by molar-refractivity contribution is 5.98. The van der Waals surface area contributed by atoms with Gasteiger partial charge in [-0.2, -0.15) is 0 Å². The number of nitrogens with zero attached hydrogens (tertiary/aromatic N) is 1. The second-order valence-electron chi connectivity index (χ2n) is 12.1. The third kappa shape index (κ3) is 8.83. The van der Waals surface area contributed by atoms with Crippen molar-refractivity contribution in [2.75, 3.05) is 13.9 Å². The van der Waals surface area contributed by atoms with Crippen molar-refractivity contribution in [1.29, 1.82) is 0 Å². The van der Waals surface area contributed by atoms with E-state index in [-0.39, 0.29) is 47.5 Å². The maximum Gasteiger partial charge on any atom is 0.329 e. The molecule has 0 aromatic carbocycles.